The Balaban J connectivity index is 2.46. The fourth-order valence-electron chi connectivity index (χ4n) is 1.99. The van der Waals surface area contributed by atoms with E-state index >= 15 is 0 Å². The molecule has 0 heterocycles. The molecule has 1 rings (SSSR count). The van der Waals surface area contributed by atoms with Crippen molar-refractivity contribution in [1.29, 1.82) is 0 Å². The molecule has 0 saturated carbocycles. The predicted molar refractivity (Wildman–Crippen MR) is 75.3 cm³/mol. The first-order valence-corrected chi connectivity index (χ1v) is 6.81. The molecule has 0 saturated heterocycles. The van der Waals surface area contributed by atoms with Crippen molar-refractivity contribution in [3.05, 3.63) is 35.6 Å². The van der Waals surface area contributed by atoms with Crippen LogP contribution < -0.4 is 10.6 Å². The number of carbonyl (C=O) groups excluding carboxylic acids is 1. The van der Waals surface area contributed by atoms with E-state index in [2.05, 4.69) is 10.6 Å². The molecule has 0 aromatic heterocycles. The van der Waals surface area contributed by atoms with Crippen LogP contribution in [-0.4, -0.2) is 18.5 Å². The molecule has 0 aliphatic carbocycles. The Morgan fingerprint density at radius 3 is 2.58 bits per heavy atom. The van der Waals surface area contributed by atoms with Crippen molar-refractivity contribution < 1.29 is 9.18 Å². The number of halogens is 1. The number of rotatable bonds is 7. The minimum absolute atomic E-state index is 0.0193. The summed E-state index contributed by atoms with van der Waals surface area (Å²) in [6.07, 6.45) is 1.19. The van der Waals surface area contributed by atoms with E-state index in [0.29, 0.717) is 18.5 Å². The lowest BCUT2D eigenvalue weighted by Crippen LogP contribution is -2.33. The minimum atomic E-state index is -0.200. The molecule has 1 aromatic rings. The van der Waals surface area contributed by atoms with Gasteiger partial charge in [-0.05, 0) is 26.3 Å². The molecular formula is C15H23FN2O. The topological polar surface area (TPSA) is 41.1 Å². The van der Waals surface area contributed by atoms with Gasteiger partial charge in [-0.25, -0.2) is 4.39 Å². The van der Waals surface area contributed by atoms with Crippen LogP contribution in [0.1, 0.15) is 45.2 Å². The highest BCUT2D eigenvalue weighted by molar-refractivity contribution is 5.76. The molecule has 0 fully saturated rings. The Labute approximate surface area is 114 Å². The summed E-state index contributed by atoms with van der Waals surface area (Å²) >= 11 is 0. The molecule has 1 aromatic carbocycles. The molecule has 0 bridgehead atoms. The first-order chi connectivity index (χ1) is 9.04. The number of carbonyl (C=O) groups is 1. The maximum Gasteiger partial charge on any atom is 0.221 e. The van der Waals surface area contributed by atoms with Gasteiger partial charge in [-0.3, -0.25) is 4.79 Å². The van der Waals surface area contributed by atoms with Crippen molar-refractivity contribution in [3.63, 3.8) is 0 Å². The average Bonchev–Trinajstić information content (AvgIpc) is 2.35. The molecule has 19 heavy (non-hydrogen) atoms. The lowest BCUT2D eigenvalue weighted by molar-refractivity contribution is -0.121. The van der Waals surface area contributed by atoms with Crippen molar-refractivity contribution in [2.75, 3.05) is 6.54 Å². The van der Waals surface area contributed by atoms with Crippen LogP contribution in [0, 0.1) is 5.82 Å². The third-order valence-corrected chi connectivity index (χ3v) is 2.88. The Morgan fingerprint density at radius 2 is 2.00 bits per heavy atom. The van der Waals surface area contributed by atoms with E-state index in [0.717, 1.165) is 6.42 Å². The first kappa shape index (κ1) is 15.6. The predicted octanol–water partition coefficient (Wildman–Crippen LogP) is 2.78. The zero-order valence-electron chi connectivity index (χ0n) is 11.9. The summed E-state index contributed by atoms with van der Waals surface area (Å²) in [5.41, 5.74) is 0.661. The zero-order valence-corrected chi connectivity index (χ0v) is 11.9. The normalized spacial score (nSPS) is 12.5. The van der Waals surface area contributed by atoms with Crippen molar-refractivity contribution in [2.24, 2.45) is 0 Å². The highest BCUT2D eigenvalue weighted by Gasteiger charge is 2.13. The third kappa shape index (κ3) is 5.39. The molecule has 0 aliphatic rings. The molecule has 4 heteroatoms. The van der Waals surface area contributed by atoms with E-state index in [4.69, 9.17) is 0 Å². The van der Waals surface area contributed by atoms with Crippen LogP contribution in [0.4, 0.5) is 4.39 Å². The van der Waals surface area contributed by atoms with Gasteiger partial charge < -0.3 is 10.6 Å². The Hall–Kier alpha value is -1.42. The fourth-order valence-corrected chi connectivity index (χ4v) is 1.99. The van der Waals surface area contributed by atoms with Gasteiger partial charge in [0.2, 0.25) is 5.91 Å². The molecule has 0 aliphatic heterocycles. The summed E-state index contributed by atoms with van der Waals surface area (Å²) in [5.74, 6) is -0.181. The molecule has 0 spiro atoms. The number of nitrogens with one attached hydrogen (secondary N) is 2. The first-order valence-electron chi connectivity index (χ1n) is 6.81. The summed E-state index contributed by atoms with van der Waals surface area (Å²) < 4.78 is 13.7. The second-order valence-corrected chi connectivity index (χ2v) is 4.91. The van der Waals surface area contributed by atoms with Gasteiger partial charge in [-0.2, -0.15) is 0 Å². The average molecular weight is 266 g/mol. The molecule has 0 radical (unpaired) electrons. The Kier molecular flexibility index (Phi) is 6.50. The monoisotopic (exact) mass is 266 g/mol. The van der Waals surface area contributed by atoms with Gasteiger partial charge in [0.05, 0.1) is 0 Å². The SMILES string of the molecule is CCC(NCCC(=O)NC(C)C)c1ccccc1F. The van der Waals surface area contributed by atoms with Gasteiger partial charge in [0, 0.05) is 30.6 Å². The quantitative estimate of drug-likeness (QED) is 0.796. The largest absolute Gasteiger partial charge is 0.354 e. The van der Waals surface area contributed by atoms with Crippen LogP contribution in [0.25, 0.3) is 0 Å². The van der Waals surface area contributed by atoms with Gasteiger partial charge in [-0.1, -0.05) is 25.1 Å². The standard InChI is InChI=1S/C15H23FN2O/c1-4-14(12-7-5-6-8-13(12)16)17-10-9-15(19)18-11(2)3/h5-8,11,14,17H,4,9-10H2,1-3H3,(H,18,19). The van der Waals surface area contributed by atoms with Gasteiger partial charge >= 0.3 is 0 Å². The van der Waals surface area contributed by atoms with Crippen molar-refractivity contribution in [3.8, 4) is 0 Å². The maximum absolute atomic E-state index is 13.7. The van der Waals surface area contributed by atoms with Crippen LogP contribution in [0.15, 0.2) is 24.3 Å². The van der Waals surface area contributed by atoms with E-state index in [1.807, 2.05) is 26.8 Å². The zero-order chi connectivity index (χ0) is 14.3. The molecular weight excluding hydrogens is 243 g/mol. The molecule has 106 valence electrons. The van der Waals surface area contributed by atoms with Gasteiger partial charge in [0.1, 0.15) is 5.82 Å². The van der Waals surface area contributed by atoms with E-state index in [-0.39, 0.29) is 23.8 Å². The Morgan fingerprint density at radius 1 is 1.32 bits per heavy atom. The third-order valence-electron chi connectivity index (χ3n) is 2.88. The number of benzene rings is 1. The van der Waals surface area contributed by atoms with Crippen molar-refractivity contribution in [1.82, 2.24) is 10.6 Å². The van der Waals surface area contributed by atoms with Crippen LogP contribution in [0.3, 0.4) is 0 Å². The van der Waals surface area contributed by atoms with E-state index in [9.17, 15) is 9.18 Å². The smallest absolute Gasteiger partial charge is 0.221 e. The summed E-state index contributed by atoms with van der Waals surface area (Å²) in [6.45, 7) is 6.41. The summed E-state index contributed by atoms with van der Waals surface area (Å²) in [7, 11) is 0. The van der Waals surface area contributed by atoms with Crippen LogP contribution in [0.2, 0.25) is 0 Å². The second-order valence-electron chi connectivity index (χ2n) is 4.91. The fraction of sp³-hybridized carbons (Fsp3) is 0.533. The van der Waals surface area contributed by atoms with Crippen LogP contribution >= 0.6 is 0 Å². The van der Waals surface area contributed by atoms with E-state index in [1.54, 1.807) is 12.1 Å². The molecule has 1 atom stereocenters. The minimum Gasteiger partial charge on any atom is -0.354 e. The second kappa shape index (κ2) is 7.89. The summed E-state index contributed by atoms with van der Waals surface area (Å²) in [6, 6.07) is 6.86. The molecule has 2 N–H and O–H groups in total. The molecule has 3 nitrogen and oxygen atoms in total. The van der Waals surface area contributed by atoms with Crippen LogP contribution in [-0.2, 0) is 4.79 Å². The van der Waals surface area contributed by atoms with Crippen molar-refractivity contribution in [2.45, 2.75) is 45.7 Å². The maximum atomic E-state index is 13.7. The van der Waals surface area contributed by atoms with Crippen LogP contribution in [0.5, 0.6) is 0 Å². The lowest BCUT2D eigenvalue weighted by Gasteiger charge is -2.18. The van der Waals surface area contributed by atoms with Gasteiger partial charge in [-0.15, -0.1) is 0 Å². The lowest BCUT2D eigenvalue weighted by atomic mass is 10.0. The number of hydrogen-bond donors (Lipinski definition) is 2. The highest BCUT2D eigenvalue weighted by atomic mass is 19.1. The number of amides is 1. The molecule has 1 amide bonds. The highest BCUT2D eigenvalue weighted by Crippen LogP contribution is 2.19. The Bertz CT molecular complexity index is 407. The number of hydrogen-bond acceptors (Lipinski definition) is 2. The summed E-state index contributed by atoms with van der Waals surface area (Å²) in [5, 5.41) is 6.06. The van der Waals surface area contributed by atoms with Gasteiger partial charge in [0.15, 0.2) is 0 Å². The molecule has 1 unspecified atom stereocenters. The van der Waals surface area contributed by atoms with E-state index in [1.165, 1.54) is 6.07 Å². The van der Waals surface area contributed by atoms with E-state index < -0.39 is 0 Å². The van der Waals surface area contributed by atoms with Gasteiger partial charge in [0.25, 0.3) is 0 Å². The van der Waals surface area contributed by atoms with Crippen molar-refractivity contribution >= 4 is 5.91 Å². The summed E-state index contributed by atoms with van der Waals surface area (Å²) in [4.78, 5) is 11.5.